The standard InChI is InChI=1S/C20H24N4O3S/c25-28(26,18-6-5-15-3-1-2-4-16(15)11-18)24-13-17-12-21-20(22-19(17)14-24)23-7-9-27-10-8-23/h5-6,11-12H,1-4,7-10,13-14H2. The predicted molar refractivity (Wildman–Crippen MR) is 105 cm³/mol. The summed E-state index contributed by atoms with van der Waals surface area (Å²) >= 11 is 0. The van der Waals surface area contributed by atoms with Gasteiger partial charge in [-0.1, -0.05) is 6.07 Å². The number of benzene rings is 1. The Kier molecular flexibility index (Phi) is 4.57. The van der Waals surface area contributed by atoms with Gasteiger partial charge in [-0.3, -0.25) is 0 Å². The Morgan fingerprint density at radius 1 is 0.964 bits per heavy atom. The average molecular weight is 401 g/mol. The zero-order valence-corrected chi connectivity index (χ0v) is 16.6. The highest BCUT2D eigenvalue weighted by Crippen LogP contribution is 2.30. The van der Waals surface area contributed by atoms with Gasteiger partial charge in [0.15, 0.2) is 0 Å². The van der Waals surface area contributed by atoms with Crippen LogP contribution in [0.3, 0.4) is 0 Å². The van der Waals surface area contributed by atoms with Crippen LogP contribution in [0.5, 0.6) is 0 Å². The van der Waals surface area contributed by atoms with Crippen LogP contribution in [-0.4, -0.2) is 49.0 Å². The molecule has 148 valence electrons. The number of fused-ring (bicyclic) bond motifs is 2. The van der Waals surface area contributed by atoms with E-state index in [1.807, 2.05) is 12.1 Å². The maximum atomic E-state index is 13.2. The summed E-state index contributed by atoms with van der Waals surface area (Å²) in [7, 11) is -3.55. The number of hydrogen-bond donors (Lipinski definition) is 0. The molecule has 1 aliphatic carbocycles. The van der Waals surface area contributed by atoms with Gasteiger partial charge in [-0.05, 0) is 48.9 Å². The Labute approximate surface area is 165 Å². The molecule has 2 aliphatic heterocycles. The smallest absolute Gasteiger partial charge is 0.243 e. The molecule has 1 aromatic heterocycles. The van der Waals surface area contributed by atoms with Crippen LogP contribution < -0.4 is 4.90 Å². The summed E-state index contributed by atoms with van der Waals surface area (Å²) in [5.41, 5.74) is 4.16. The van der Waals surface area contributed by atoms with Crippen molar-refractivity contribution in [1.29, 1.82) is 0 Å². The largest absolute Gasteiger partial charge is 0.378 e. The van der Waals surface area contributed by atoms with Gasteiger partial charge in [0.25, 0.3) is 0 Å². The Morgan fingerprint density at radius 3 is 2.57 bits per heavy atom. The number of aromatic nitrogens is 2. The molecule has 0 saturated carbocycles. The van der Waals surface area contributed by atoms with Gasteiger partial charge in [-0.15, -0.1) is 0 Å². The Balaban J connectivity index is 1.39. The summed E-state index contributed by atoms with van der Waals surface area (Å²) < 4.78 is 33.3. The van der Waals surface area contributed by atoms with E-state index in [0.717, 1.165) is 43.6 Å². The molecule has 5 rings (SSSR count). The van der Waals surface area contributed by atoms with Crippen molar-refractivity contribution >= 4 is 16.0 Å². The van der Waals surface area contributed by atoms with Crippen LogP contribution in [-0.2, 0) is 40.7 Å². The van der Waals surface area contributed by atoms with E-state index in [1.54, 1.807) is 12.3 Å². The maximum absolute atomic E-state index is 13.2. The summed E-state index contributed by atoms with van der Waals surface area (Å²) in [5, 5.41) is 0. The molecule has 3 heterocycles. The first-order chi connectivity index (χ1) is 13.6. The van der Waals surface area contributed by atoms with Crippen molar-refractivity contribution in [2.45, 2.75) is 43.7 Å². The van der Waals surface area contributed by atoms with Gasteiger partial charge >= 0.3 is 0 Å². The number of sulfonamides is 1. The number of morpholine rings is 1. The summed E-state index contributed by atoms with van der Waals surface area (Å²) in [6.07, 6.45) is 6.10. The summed E-state index contributed by atoms with van der Waals surface area (Å²) in [4.78, 5) is 11.6. The lowest BCUT2D eigenvalue weighted by Gasteiger charge is -2.26. The quantitative estimate of drug-likeness (QED) is 0.783. The molecule has 8 heteroatoms. The first-order valence-electron chi connectivity index (χ1n) is 9.91. The molecule has 0 spiro atoms. The average Bonchev–Trinajstić information content (AvgIpc) is 3.18. The fourth-order valence-corrected chi connectivity index (χ4v) is 5.65. The minimum absolute atomic E-state index is 0.300. The van der Waals surface area contributed by atoms with E-state index in [2.05, 4.69) is 14.9 Å². The van der Waals surface area contributed by atoms with E-state index in [1.165, 1.54) is 21.9 Å². The zero-order chi connectivity index (χ0) is 19.1. The minimum atomic E-state index is -3.55. The molecular weight excluding hydrogens is 376 g/mol. The lowest BCUT2D eigenvalue weighted by molar-refractivity contribution is 0.122. The van der Waals surface area contributed by atoms with Crippen molar-refractivity contribution < 1.29 is 13.2 Å². The summed E-state index contributed by atoms with van der Waals surface area (Å²) in [6.45, 7) is 3.48. The second kappa shape index (κ2) is 7.09. The third-order valence-corrected chi connectivity index (χ3v) is 7.65. The van der Waals surface area contributed by atoms with Crippen LogP contribution in [0.15, 0.2) is 29.3 Å². The van der Waals surface area contributed by atoms with Gasteiger partial charge in [-0.2, -0.15) is 4.31 Å². The lowest BCUT2D eigenvalue weighted by Crippen LogP contribution is -2.37. The number of anilines is 1. The fraction of sp³-hybridized carbons (Fsp3) is 0.500. The highest BCUT2D eigenvalue weighted by molar-refractivity contribution is 7.89. The molecular formula is C20H24N4O3S. The van der Waals surface area contributed by atoms with Gasteiger partial charge < -0.3 is 9.64 Å². The molecule has 0 N–H and O–H groups in total. The van der Waals surface area contributed by atoms with E-state index >= 15 is 0 Å². The number of rotatable bonds is 3. The molecule has 0 atom stereocenters. The molecule has 3 aliphatic rings. The van der Waals surface area contributed by atoms with Crippen molar-refractivity contribution in [1.82, 2.24) is 14.3 Å². The van der Waals surface area contributed by atoms with Crippen molar-refractivity contribution in [3.8, 4) is 0 Å². The van der Waals surface area contributed by atoms with Crippen LogP contribution >= 0.6 is 0 Å². The first-order valence-corrected chi connectivity index (χ1v) is 11.3. The number of hydrogen-bond acceptors (Lipinski definition) is 6. The molecule has 1 saturated heterocycles. The van der Waals surface area contributed by atoms with Crippen LogP contribution in [0.1, 0.15) is 35.2 Å². The summed E-state index contributed by atoms with van der Waals surface area (Å²) in [6, 6.07) is 5.62. The van der Waals surface area contributed by atoms with E-state index in [4.69, 9.17) is 4.74 Å². The van der Waals surface area contributed by atoms with Gasteiger partial charge in [0.05, 0.1) is 30.3 Å². The number of nitrogens with zero attached hydrogens (tertiary/aromatic N) is 4. The monoisotopic (exact) mass is 400 g/mol. The molecule has 0 unspecified atom stereocenters. The molecule has 1 fully saturated rings. The Morgan fingerprint density at radius 2 is 1.75 bits per heavy atom. The molecule has 1 aromatic carbocycles. The third-order valence-electron chi connectivity index (χ3n) is 5.87. The Bertz CT molecular complexity index is 1000. The van der Waals surface area contributed by atoms with Crippen molar-refractivity contribution in [2.24, 2.45) is 0 Å². The van der Waals surface area contributed by atoms with Crippen LogP contribution in [0.25, 0.3) is 0 Å². The van der Waals surface area contributed by atoms with E-state index < -0.39 is 10.0 Å². The highest BCUT2D eigenvalue weighted by Gasteiger charge is 2.33. The summed E-state index contributed by atoms with van der Waals surface area (Å²) in [5.74, 6) is 0.662. The highest BCUT2D eigenvalue weighted by atomic mass is 32.2. The SMILES string of the molecule is O=S(=O)(c1ccc2c(c1)CCCC2)N1Cc2cnc(N3CCOCC3)nc2C1. The molecule has 0 amide bonds. The zero-order valence-electron chi connectivity index (χ0n) is 15.8. The molecule has 0 bridgehead atoms. The number of aryl methyl sites for hydroxylation is 2. The van der Waals surface area contributed by atoms with Gasteiger partial charge in [0.2, 0.25) is 16.0 Å². The van der Waals surface area contributed by atoms with Crippen LogP contribution in [0.2, 0.25) is 0 Å². The van der Waals surface area contributed by atoms with Gasteiger partial charge in [0, 0.05) is 31.4 Å². The molecule has 0 radical (unpaired) electrons. The third kappa shape index (κ3) is 3.19. The molecule has 7 nitrogen and oxygen atoms in total. The van der Waals surface area contributed by atoms with E-state index in [-0.39, 0.29) is 0 Å². The second-order valence-electron chi connectivity index (χ2n) is 7.65. The van der Waals surface area contributed by atoms with Crippen molar-refractivity contribution in [3.05, 3.63) is 46.8 Å². The first kappa shape index (κ1) is 18.0. The second-order valence-corrected chi connectivity index (χ2v) is 9.59. The predicted octanol–water partition coefficient (Wildman–Crippen LogP) is 1.90. The van der Waals surface area contributed by atoms with Gasteiger partial charge in [-0.25, -0.2) is 18.4 Å². The number of ether oxygens (including phenoxy) is 1. The van der Waals surface area contributed by atoms with E-state index in [9.17, 15) is 8.42 Å². The van der Waals surface area contributed by atoms with Crippen molar-refractivity contribution in [3.63, 3.8) is 0 Å². The molecule has 28 heavy (non-hydrogen) atoms. The maximum Gasteiger partial charge on any atom is 0.243 e. The lowest BCUT2D eigenvalue weighted by atomic mass is 9.92. The van der Waals surface area contributed by atoms with Crippen molar-refractivity contribution in [2.75, 3.05) is 31.2 Å². The normalized spacial score (nSPS) is 20.1. The van der Waals surface area contributed by atoms with Gasteiger partial charge in [0.1, 0.15) is 0 Å². The molecule has 2 aromatic rings. The topological polar surface area (TPSA) is 75.6 Å². The van der Waals surface area contributed by atoms with Crippen LogP contribution in [0, 0.1) is 0 Å². The minimum Gasteiger partial charge on any atom is -0.378 e. The van der Waals surface area contributed by atoms with E-state index in [0.29, 0.717) is 37.1 Å². The van der Waals surface area contributed by atoms with Crippen LogP contribution in [0.4, 0.5) is 5.95 Å². The fourth-order valence-electron chi connectivity index (χ4n) is 4.22. The Hall–Kier alpha value is -2.03.